The van der Waals surface area contributed by atoms with E-state index < -0.39 is 5.60 Å². The van der Waals surface area contributed by atoms with Crippen molar-refractivity contribution < 1.29 is 19.7 Å². The number of nitrogens with zero attached hydrogens (tertiary/aromatic N) is 2. The van der Waals surface area contributed by atoms with Gasteiger partial charge >= 0.3 is 0 Å². The standard InChI is InChI=1S/C13H18N2O4/c16-10-13(18)3-6-15(7-4-13)12(17)9-19-11-2-1-5-14-8-11/h1-2,5,8,16,18H,3-4,6-7,9-10H2. The van der Waals surface area contributed by atoms with E-state index in [1.165, 1.54) is 0 Å². The van der Waals surface area contributed by atoms with Gasteiger partial charge in [0.2, 0.25) is 0 Å². The summed E-state index contributed by atoms with van der Waals surface area (Å²) < 4.78 is 5.33. The fourth-order valence-electron chi connectivity index (χ4n) is 2.00. The molecule has 0 aliphatic carbocycles. The van der Waals surface area contributed by atoms with Crippen LogP contribution in [0.5, 0.6) is 5.75 Å². The van der Waals surface area contributed by atoms with Crippen molar-refractivity contribution in [1.82, 2.24) is 9.88 Å². The second-order valence-electron chi connectivity index (χ2n) is 4.74. The van der Waals surface area contributed by atoms with Crippen molar-refractivity contribution in [1.29, 1.82) is 0 Å². The van der Waals surface area contributed by atoms with Crippen LogP contribution in [-0.4, -0.2) is 57.9 Å². The first kappa shape index (κ1) is 13.8. The molecule has 0 aromatic carbocycles. The van der Waals surface area contributed by atoms with Crippen molar-refractivity contribution in [3.63, 3.8) is 0 Å². The summed E-state index contributed by atoms with van der Waals surface area (Å²) in [6, 6.07) is 3.48. The van der Waals surface area contributed by atoms with Crippen LogP contribution in [0.1, 0.15) is 12.8 Å². The number of amides is 1. The fourth-order valence-corrected chi connectivity index (χ4v) is 2.00. The molecule has 1 aromatic heterocycles. The largest absolute Gasteiger partial charge is 0.482 e. The number of carbonyl (C=O) groups is 1. The molecule has 0 bridgehead atoms. The molecule has 1 aliphatic heterocycles. The Labute approximate surface area is 111 Å². The molecule has 0 spiro atoms. The van der Waals surface area contributed by atoms with Gasteiger partial charge in [0.25, 0.3) is 5.91 Å². The average Bonchev–Trinajstić information content (AvgIpc) is 2.47. The van der Waals surface area contributed by atoms with Crippen LogP contribution in [-0.2, 0) is 4.79 Å². The van der Waals surface area contributed by atoms with E-state index in [9.17, 15) is 9.90 Å². The zero-order valence-corrected chi connectivity index (χ0v) is 10.7. The van der Waals surface area contributed by atoms with Crippen molar-refractivity contribution in [2.45, 2.75) is 18.4 Å². The van der Waals surface area contributed by atoms with Crippen LogP contribution in [0.15, 0.2) is 24.5 Å². The maximum absolute atomic E-state index is 11.9. The third-order valence-electron chi connectivity index (χ3n) is 3.34. The minimum atomic E-state index is -1.04. The van der Waals surface area contributed by atoms with E-state index in [0.29, 0.717) is 31.7 Å². The first-order chi connectivity index (χ1) is 9.13. The quantitative estimate of drug-likeness (QED) is 0.789. The van der Waals surface area contributed by atoms with Gasteiger partial charge in [0.1, 0.15) is 5.75 Å². The molecule has 19 heavy (non-hydrogen) atoms. The molecule has 2 heterocycles. The highest BCUT2D eigenvalue weighted by atomic mass is 16.5. The van der Waals surface area contributed by atoms with Crippen LogP contribution >= 0.6 is 0 Å². The Kier molecular flexibility index (Phi) is 4.34. The molecule has 6 heteroatoms. The van der Waals surface area contributed by atoms with E-state index in [-0.39, 0.29) is 19.1 Å². The highest BCUT2D eigenvalue weighted by Gasteiger charge is 2.33. The molecule has 1 fully saturated rings. The van der Waals surface area contributed by atoms with E-state index in [4.69, 9.17) is 9.84 Å². The van der Waals surface area contributed by atoms with Gasteiger partial charge in [-0.3, -0.25) is 9.78 Å². The number of hydrogen-bond acceptors (Lipinski definition) is 5. The maximum Gasteiger partial charge on any atom is 0.260 e. The number of aromatic nitrogens is 1. The Morgan fingerprint density at radius 3 is 2.79 bits per heavy atom. The second kappa shape index (κ2) is 5.99. The predicted molar refractivity (Wildman–Crippen MR) is 67.6 cm³/mol. The van der Waals surface area contributed by atoms with Gasteiger partial charge in [0.15, 0.2) is 6.61 Å². The lowest BCUT2D eigenvalue weighted by Crippen LogP contribution is -2.49. The molecular weight excluding hydrogens is 248 g/mol. The number of hydrogen-bond donors (Lipinski definition) is 2. The van der Waals surface area contributed by atoms with Crippen molar-refractivity contribution in [2.75, 3.05) is 26.3 Å². The number of rotatable bonds is 4. The van der Waals surface area contributed by atoms with Gasteiger partial charge < -0.3 is 19.8 Å². The zero-order valence-electron chi connectivity index (χ0n) is 10.7. The van der Waals surface area contributed by atoms with Gasteiger partial charge in [0, 0.05) is 19.3 Å². The third-order valence-corrected chi connectivity index (χ3v) is 3.34. The molecular formula is C13H18N2O4. The lowest BCUT2D eigenvalue weighted by molar-refractivity contribution is -0.139. The van der Waals surface area contributed by atoms with Crippen LogP contribution in [0.3, 0.4) is 0 Å². The molecule has 1 saturated heterocycles. The Bertz CT molecular complexity index is 416. The molecule has 0 unspecified atom stereocenters. The highest BCUT2D eigenvalue weighted by Crippen LogP contribution is 2.21. The molecule has 2 rings (SSSR count). The molecule has 1 aliphatic rings. The first-order valence-corrected chi connectivity index (χ1v) is 6.27. The second-order valence-corrected chi connectivity index (χ2v) is 4.74. The van der Waals surface area contributed by atoms with Crippen molar-refractivity contribution in [3.05, 3.63) is 24.5 Å². The Balaban J connectivity index is 1.79. The van der Waals surface area contributed by atoms with Crippen LogP contribution in [0.4, 0.5) is 0 Å². The summed E-state index contributed by atoms with van der Waals surface area (Å²) >= 11 is 0. The van der Waals surface area contributed by atoms with Gasteiger partial charge in [-0.1, -0.05) is 0 Å². The molecule has 0 atom stereocenters. The summed E-state index contributed by atoms with van der Waals surface area (Å²) in [5.41, 5.74) is -1.04. The lowest BCUT2D eigenvalue weighted by Gasteiger charge is -2.36. The number of pyridine rings is 1. The van der Waals surface area contributed by atoms with Crippen LogP contribution in [0.2, 0.25) is 0 Å². The molecule has 0 saturated carbocycles. The van der Waals surface area contributed by atoms with Crippen LogP contribution in [0.25, 0.3) is 0 Å². The SMILES string of the molecule is O=C(COc1cccnc1)N1CCC(O)(CO)CC1. The topological polar surface area (TPSA) is 82.9 Å². The van der Waals surface area contributed by atoms with Crippen molar-refractivity contribution >= 4 is 5.91 Å². The number of aliphatic hydroxyl groups is 2. The van der Waals surface area contributed by atoms with Gasteiger partial charge in [0.05, 0.1) is 18.4 Å². The Morgan fingerprint density at radius 2 is 2.21 bits per heavy atom. The lowest BCUT2D eigenvalue weighted by atomic mass is 9.92. The van der Waals surface area contributed by atoms with Crippen LogP contribution < -0.4 is 4.74 Å². The van der Waals surface area contributed by atoms with E-state index in [2.05, 4.69) is 4.98 Å². The monoisotopic (exact) mass is 266 g/mol. The van der Waals surface area contributed by atoms with E-state index in [1.54, 1.807) is 29.4 Å². The normalized spacial score (nSPS) is 18.1. The number of aliphatic hydroxyl groups excluding tert-OH is 1. The highest BCUT2D eigenvalue weighted by molar-refractivity contribution is 5.77. The van der Waals surface area contributed by atoms with E-state index in [1.807, 2.05) is 0 Å². The predicted octanol–water partition coefficient (Wildman–Crippen LogP) is -0.194. The molecule has 104 valence electrons. The number of ether oxygens (including phenoxy) is 1. The Hall–Kier alpha value is -1.66. The molecule has 6 nitrogen and oxygen atoms in total. The summed E-state index contributed by atoms with van der Waals surface area (Å²) in [6.07, 6.45) is 3.97. The first-order valence-electron chi connectivity index (χ1n) is 6.27. The van der Waals surface area contributed by atoms with Gasteiger partial charge in [-0.05, 0) is 25.0 Å². The van der Waals surface area contributed by atoms with Gasteiger partial charge in [-0.15, -0.1) is 0 Å². The van der Waals surface area contributed by atoms with E-state index >= 15 is 0 Å². The average molecular weight is 266 g/mol. The minimum Gasteiger partial charge on any atom is -0.482 e. The van der Waals surface area contributed by atoms with E-state index in [0.717, 1.165) is 0 Å². The zero-order chi connectivity index (χ0) is 13.7. The molecule has 0 radical (unpaired) electrons. The summed E-state index contributed by atoms with van der Waals surface area (Å²) in [7, 11) is 0. The number of piperidine rings is 1. The molecule has 1 aromatic rings. The Morgan fingerprint density at radius 1 is 1.47 bits per heavy atom. The smallest absolute Gasteiger partial charge is 0.260 e. The fraction of sp³-hybridized carbons (Fsp3) is 0.538. The summed E-state index contributed by atoms with van der Waals surface area (Å²) in [4.78, 5) is 17.4. The van der Waals surface area contributed by atoms with Gasteiger partial charge in [-0.2, -0.15) is 0 Å². The third kappa shape index (κ3) is 3.65. The van der Waals surface area contributed by atoms with Crippen molar-refractivity contribution in [2.24, 2.45) is 0 Å². The van der Waals surface area contributed by atoms with Gasteiger partial charge in [-0.25, -0.2) is 0 Å². The summed E-state index contributed by atoms with van der Waals surface area (Å²) in [6.45, 7) is 0.572. The molecule has 2 N–H and O–H groups in total. The minimum absolute atomic E-state index is 0.0384. The van der Waals surface area contributed by atoms with Crippen LogP contribution in [0, 0.1) is 0 Å². The summed E-state index contributed by atoms with van der Waals surface area (Å²) in [5, 5.41) is 18.9. The maximum atomic E-state index is 11.9. The molecule has 1 amide bonds. The van der Waals surface area contributed by atoms with Crippen molar-refractivity contribution in [3.8, 4) is 5.75 Å². The summed E-state index contributed by atoms with van der Waals surface area (Å²) in [5.74, 6) is 0.434. The number of carbonyl (C=O) groups excluding carboxylic acids is 1. The number of likely N-dealkylation sites (tertiary alicyclic amines) is 1.